The van der Waals surface area contributed by atoms with Crippen LogP contribution in [0.1, 0.15) is 16.6 Å². The van der Waals surface area contributed by atoms with Crippen LogP contribution in [0.2, 0.25) is 0 Å². The molecule has 2 aromatic rings. The molecule has 7 heteroatoms. The van der Waals surface area contributed by atoms with Crippen LogP contribution in [0.25, 0.3) is 10.4 Å². The molecule has 0 spiro atoms. The number of rotatable bonds is 7. The van der Waals surface area contributed by atoms with E-state index >= 15 is 0 Å². The maximum Gasteiger partial charge on any atom is 0.261 e. The van der Waals surface area contributed by atoms with Crippen LogP contribution in [-0.2, 0) is 9.84 Å². The number of sulfone groups is 1. The van der Waals surface area contributed by atoms with Crippen molar-refractivity contribution in [3.8, 4) is 16.2 Å². The molecule has 1 amide bonds. The summed E-state index contributed by atoms with van der Waals surface area (Å²) in [5.41, 5.74) is 0.945. The highest BCUT2D eigenvalue weighted by molar-refractivity contribution is 7.93. The summed E-state index contributed by atoms with van der Waals surface area (Å²) >= 11 is 1.36. The minimum absolute atomic E-state index is 0.161. The second kappa shape index (κ2) is 8.12. The lowest BCUT2D eigenvalue weighted by Gasteiger charge is -2.07. The summed E-state index contributed by atoms with van der Waals surface area (Å²) in [7, 11) is -3.17. The summed E-state index contributed by atoms with van der Waals surface area (Å²) < 4.78 is 27.6. The molecule has 0 fully saturated rings. The molecule has 0 radical (unpaired) electrons. The Morgan fingerprint density at radius 3 is 2.71 bits per heavy atom. The number of nitrogens with one attached hydrogen (secondary N) is 1. The number of thiophene rings is 1. The highest BCUT2D eigenvalue weighted by Crippen LogP contribution is 2.34. The summed E-state index contributed by atoms with van der Waals surface area (Å²) in [5, 5.41) is 3.74. The minimum atomic E-state index is -3.17. The van der Waals surface area contributed by atoms with Crippen molar-refractivity contribution in [2.45, 2.75) is 6.92 Å². The molecule has 5 nitrogen and oxygen atoms in total. The molecule has 1 N–H and O–H groups in total. The first-order chi connectivity index (χ1) is 11.4. The van der Waals surface area contributed by atoms with Crippen LogP contribution >= 0.6 is 11.3 Å². The van der Waals surface area contributed by atoms with Gasteiger partial charge in [0.1, 0.15) is 5.75 Å². The van der Waals surface area contributed by atoms with E-state index in [9.17, 15) is 13.2 Å². The second-order valence-corrected chi connectivity index (χ2v) is 8.02. The van der Waals surface area contributed by atoms with E-state index < -0.39 is 9.84 Å². The van der Waals surface area contributed by atoms with Gasteiger partial charge in [-0.15, -0.1) is 11.3 Å². The van der Waals surface area contributed by atoms with Crippen LogP contribution in [0.4, 0.5) is 0 Å². The summed E-state index contributed by atoms with van der Waals surface area (Å²) in [4.78, 5) is 13.6. The Morgan fingerprint density at radius 2 is 2.00 bits per heavy atom. The van der Waals surface area contributed by atoms with Crippen molar-refractivity contribution in [3.05, 3.63) is 52.8 Å². The molecular formula is C17H19NO4S2. The molecule has 1 aromatic carbocycles. The number of amides is 1. The molecular weight excluding hydrogens is 346 g/mol. The van der Waals surface area contributed by atoms with Gasteiger partial charge in [0.05, 0.1) is 11.5 Å². The van der Waals surface area contributed by atoms with Crippen LogP contribution < -0.4 is 10.1 Å². The van der Waals surface area contributed by atoms with Gasteiger partial charge in [0.25, 0.3) is 5.91 Å². The van der Waals surface area contributed by atoms with Gasteiger partial charge in [-0.25, -0.2) is 8.42 Å². The van der Waals surface area contributed by atoms with Gasteiger partial charge in [0.2, 0.25) is 0 Å². The van der Waals surface area contributed by atoms with Crippen molar-refractivity contribution in [3.63, 3.8) is 0 Å². The Kier molecular flexibility index (Phi) is 6.16. The molecule has 1 heterocycles. The fourth-order valence-corrected chi connectivity index (χ4v) is 3.42. The highest BCUT2D eigenvalue weighted by atomic mass is 32.2. The molecule has 0 bridgehead atoms. The summed E-state index contributed by atoms with van der Waals surface area (Å²) in [5.74, 6) is 0.545. The maximum absolute atomic E-state index is 12.1. The van der Waals surface area contributed by atoms with Crippen LogP contribution in [0, 0.1) is 0 Å². The van der Waals surface area contributed by atoms with E-state index in [1.54, 1.807) is 6.07 Å². The molecule has 2 rings (SSSR count). The van der Waals surface area contributed by atoms with Crippen molar-refractivity contribution in [1.29, 1.82) is 0 Å². The zero-order valence-electron chi connectivity index (χ0n) is 13.5. The summed E-state index contributed by atoms with van der Waals surface area (Å²) in [6, 6.07) is 11.3. The van der Waals surface area contributed by atoms with Gasteiger partial charge in [-0.1, -0.05) is 18.2 Å². The average molecular weight is 365 g/mol. The predicted octanol–water partition coefficient (Wildman–Crippen LogP) is 3.10. The quantitative estimate of drug-likeness (QED) is 0.818. The Labute approximate surface area is 145 Å². The van der Waals surface area contributed by atoms with Gasteiger partial charge in [-0.2, -0.15) is 0 Å². The lowest BCUT2D eigenvalue weighted by molar-refractivity contribution is 0.0962. The van der Waals surface area contributed by atoms with E-state index in [4.69, 9.17) is 4.74 Å². The predicted molar refractivity (Wildman–Crippen MR) is 97.2 cm³/mol. The Bertz CT molecular complexity index is 838. The standard InChI is InChI=1S/C17H19NO4S2/c1-3-22-14-8-5-4-7-13(14)15-9-10-16(23-15)17(19)18-11-6-12-24(2,20)21/h4-10,12H,3,11H2,1-2H3,(H,18,19)/b12-6+. The molecule has 0 aliphatic carbocycles. The zero-order valence-corrected chi connectivity index (χ0v) is 15.1. The molecule has 0 unspecified atom stereocenters. The largest absolute Gasteiger partial charge is 0.493 e. The van der Waals surface area contributed by atoms with Gasteiger partial charge in [0.15, 0.2) is 9.84 Å². The molecule has 0 aliphatic heterocycles. The first-order valence-electron chi connectivity index (χ1n) is 7.37. The third-order valence-corrected chi connectivity index (χ3v) is 4.81. The Hall–Kier alpha value is -2.12. The Morgan fingerprint density at radius 1 is 1.25 bits per heavy atom. The average Bonchev–Trinajstić information content (AvgIpc) is 3.01. The number of ether oxygens (including phenoxy) is 1. The smallest absolute Gasteiger partial charge is 0.261 e. The molecule has 0 aliphatic rings. The van der Waals surface area contributed by atoms with Crippen LogP contribution in [0.15, 0.2) is 47.9 Å². The van der Waals surface area contributed by atoms with Crippen molar-refractivity contribution in [2.75, 3.05) is 19.4 Å². The van der Waals surface area contributed by atoms with Crippen molar-refractivity contribution in [1.82, 2.24) is 5.32 Å². The van der Waals surface area contributed by atoms with Crippen LogP contribution in [0.5, 0.6) is 5.75 Å². The first-order valence-corrected chi connectivity index (χ1v) is 10.1. The topological polar surface area (TPSA) is 72.5 Å². The highest BCUT2D eigenvalue weighted by Gasteiger charge is 2.12. The van der Waals surface area contributed by atoms with Crippen LogP contribution in [0.3, 0.4) is 0 Å². The molecule has 0 atom stereocenters. The van der Waals surface area contributed by atoms with E-state index in [-0.39, 0.29) is 12.5 Å². The first kappa shape index (κ1) is 18.2. The van der Waals surface area contributed by atoms with Gasteiger partial charge in [-0.3, -0.25) is 4.79 Å². The maximum atomic E-state index is 12.1. The normalized spacial score (nSPS) is 11.6. The van der Waals surface area contributed by atoms with Gasteiger partial charge in [0, 0.05) is 28.6 Å². The fourth-order valence-electron chi connectivity index (χ4n) is 2.02. The third-order valence-electron chi connectivity index (χ3n) is 3.01. The number of hydrogen-bond acceptors (Lipinski definition) is 5. The van der Waals surface area contributed by atoms with Crippen LogP contribution in [-0.4, -0.2) is 33.7 Å². The van der Waals surface area contributed by atoms with E-state index in [0.717, 1.165) is 27.9 Å². The zero-order chi connectivity index (χ0) is 17.6. The summed E-state index contributed by atoms with van der Waals surface area (Å²) in [6.07, 6.45) is 2.51. The Balaban J connectivity index is 2.08. The monoisotopic (exact) mass is 365 g/mol. The molecule has 128 valence electrons. The summed E-state index contributed by atoms with van der Waals surface area (Å²) in [6.45, 7) is 2.66. The lowest BCUT2D eigenvalue weighted by Crippen LogP contribution is -2.22. The molecule has 1 aromatic heterocycles. The number of hydrogen-bond donors (Lipinski definition) is 1. The minimum Gasteiger partial charge on any atom is -0.493 e. The number of para-hydroxylation sites is 1. The SMILES string of the molecule is CCOc1ccccc1-c1ccc(C(=O)NC/C=C/S(C)(=O)=O)s1. The van der Waals surface area contributed by atoms with Crippen molar-refractivity contribution in [2.24, 2.45) is 0 Å². The lowest BCUT2D eigenvalue weighted by atomic mass is 10.1. The van der Waals surface area contributed by atoms with Gasteiger partial charge in [-0.05, 0) is 31.2 Å². The molecule has 0 saturated carbocycles. The van der Waals surface area contributed by atoms with Crippen molar-refractivity contribution >= 4 is 27.1 Å². The van der Waals surface area contributed by atoms with E-state index in [0.29, 0.717) is 11.5 Å². The van der Waals surface area contributed by atoms with E-state index in [1.165, 1.54) is 17.4 Å². The number of benzene rings is 1. The van der Waals surface area contributed by atoms with E-state index in [2.05, 4.69) is 5.32 Å². The van der Waals surface area contributed by atoms with Gasteiger partial charge >= 0.3 is 0 Å². The second-order valence-electron chi connectivity index (χ2n) is 5.00. The van der Waals surface area contributed by atoms with Gasteiger partial charge < -0.3 is 10.1 Å². The number of carbonyl (C=O) groups excluding carboxylic acids is 1. The van der Waals surface area contributed by atoms with E-state index in [1.807, 2.05) is 37.3 Å². The molecule has 24 heavy (non-hydrogen) atoms. The number of carbonyl (C=O) groups is 1. The fraction of sp³-hybridized carbons (Fsp3) is 0.235. The molecule has 0 saturated heterocycles. The third kappa shape index (κ3) is 5.21. The van der Waals surface area contributed by atoms with Crippen molar-refractivity contribution < 1.29 is 17.9 Å².